The highest BCUT2D eigenvalue weighted by Gasteiger charge is 2.37. The van der Waals surface area contributed by atoms with E-state index in [-0.39, 0.29) is 16.9 Å². The van der Waals surface area contributed by atoms with E-state index in [1.165, 1.54) is 10.9 Å². The molecule has 1 aliphatic carbocycles. The molecule has 2 heterocycles. The molecular formula is C24H28N2O4. The van der Waals surface area contributed by atoms with Crippen molar-refractivity contribution in [1.29, 1.82) is 0 Å². The van der Waals surface area contributed by atoms with Crippen molar-refractivity contribution >= 4 is 16.8 Å². The molecule has 4 rings (SSSR count). The summed E-state index contributed by atoms with van der Waals surface area (Å²) in [5, 5.41) is 4.09. The van der Waals surface area contributed by atoms with E-state index in [4.69, 9.17) is 9.15 Å². The normalized spacial score (nSPS) is 15.1. The zero-order chi connectivity index (χ0) is 21.1. The SMILES string of the molecule is COCC1(CNC(=O)c2c(C)cc(CCc3c[nH]c4ccccc34)oc2=O)CCC1. The summed E-state index contributed by atoms with van der Waals surface area (Å²) in [6.07, 6.45) is 6.54. The maximum absolute atomic E-state index is 12.7. The molecule has 0 unspecified atom stereocenters. The highest BCUT2D eigenvalue weighted by atomic mass is 16.5. The van der Waals surface area contributed by atoms with Crippen molar-refractivity contribution in [1.82, 2.24) is 10.3 Å². The first-order valence-corrected chi connectivity index (χ1v) is 10.5. The third-order valence-electron chi connectivity index (χ3n) is 6.23. The highest BCUT2D eigenvalue weighted by molar-refractivity contribution is 5.95. The summed E-state index contributed by atoms with van der Waals surface area (Å²) in [6.45, 7) is 2.92. The van der Waals surface area contributed by atoms with E-state index >= 15 is 0 Å². The van der Waals surface area contributed by atoms with Gasteiger partial charge in [-0.25, -0.2) is 4.79 Å². The number of aryl methyl sites for hydroxylation is 3. The smallest absolute Gasteiger partial charge is 0.349 e. The number of amides is 1. The van der Waals surface area contributed by atoms with E-state index in [0.29, 0.717) is 30.9 Å². The fourth-order valence-corrected chi connectivity index (χ4v) is 4.38. The number of nitrogens with one attached hydrogen (secondary N) is 2. The quantitative estimate of drug-likeness (QED) is 0.594. The van der Waals surface area contributed by atoms with E-state index < -0.39 is 5.63 Å². The predicted molar refractivity (Wildman–Crippen MR) is 116 cm³/mol. The molecule has 1 saturated carbocycles. The number of aromatic nitrogens is 1. The Labute approximate surface area is 175 Å². The monoisotopic (exact) mass is 408 g/mol. The molecule has 0 atom stereocenters. The van der Waals surface area contributed by atoms with Crippen molar-refractivity contribution < 1.29 is 13.9 Å². The maximum atomic E-state index is 12.7. The summed E-state index contributed by atoms with van der Waals surface area (Å²) >= 11 is 0. The molecule has 1 aliphatic rings. The number of benzene rings is 1. The van der Waals surface area contributed by atoms with Crippen LogP contribution in [0, 0.1) is 12.3 Å². The number of H-pyrrole nitrogens is 1. The topological polar surface area (TPSA) is 84.3 Å². The number of para-hydroxylation sites is 1. The number of carbonyl (C=O) groups excluding carboxylic acids is 1. The lowest BCUT2D eigenvalue weighted by molar-refractivity contribution is 0.0179. The van der Waals surface area contributed by atoms with Gasteiger partial charge in [-0.3, -0.25) is 4.79 Å². The number of hydrogen-bond acceptors (Lipinski definition) is 4. The lowest BCUT2D eigenvalue weighted by Crippen LogP contribution is -2.45. The van der Waals surface area contributed by atoms with Crippen molar-refractivity contribution in [3.63, 3.8) is 0 Å². The summed E-state index contributed by atoms with van der Waals surface area (Å²) in [6, 6.07) is 9.93. The lowest BCUT2D eigenvalue weighted by atomic mass is 9.69. The van der Waals surface area contributed by atoms with Crippen molar-refractivity contribution in [3.05, 3.63) is 69.4 Å². The van der Waals surface area contributed by atoms with E-state index in [0.717, 1.165) is 31.2 Å². The van der Waals surface area contributed by atoms with E-state index in [1.807, 2.05) is 24.4 Å². The van der Waals surface area contributed by atoms with Crippen LogP contribution in [-0.4, -0.2) is 31.2 Å². The standard InChI is InChI=1S/C24H28N2O4/c1-16-12-18(9-8-17-13-25-20-7-4-3-6-19(17)20)30-23(28)21(16)22(27)26-14-24(15-29-2)10-5-11-24/h3-4,6-7,12-13,25H,5,8-11,14-15H2,1-2H3,(H,26,27). The van der Waals surface area contributed by atoms with Crippen LogP contribution in [0.15, 0.2) is 45.7 Å². The van der Waals surface area contributed by atoms with Crippen LogP contribution in [-0.2, 0) is 17.6 Å². The first kappa shape index (κ1) is 20.4. The van der Waals surface area contributed by atoms with Gasteiger partial charge in [-0.15, -0.1) is 0 Å². The molecule has 2 aromatic heterocycles. The number of ether oxygens (including phenoxy) is 1. The number of aromatic amines is 1. The maximum Gasteiger partial charge on any atom is 0.349 e. The number of carbonyl (C=O) groups is 1. The van der Waals surface area contributed by atoms with Crippen molar-refractivity contribution in [2.45, 2.75) is 39.0 Å². The average Bonchev–Trinajstić information content (AvgIpc) is 3.11. The third-order valence-corrected chi connectivity index (χ3v) is 6.23. The molecule has 1 amide bonds. The second kappa shape index (κ2) is 8.48. The van der Waals surface area contributed by atoms with Gasteiger partial charge in [0.15, 0.2) is 0 Å². The van der Waals surface area contributed by atoms with Gasteiger partial charge in [0.25, 0.3) is 5.91 Å². The Morgan fingerprint density at radius 1 is 1.27 bits per heavy atom. The van der Waals surface area contributed by atoms with Gasteiger partial charge in [0, 0.05) is 42.6 Å². The average molecular weight is 408 g/mol. The van der Waals surface area contributed by atoms with Gasteiger partial charge >= 0.3 is 5.63 Å². The zero-order valence-corrected chi connectivity index (χ0v) is 17.5. The third kappa shape index (κ3) is 4.05. The predicted octanol–water partition coefficient (Wildman–Crippen LogP) is 3.76. The second-order valence-electron chi connectivity index (χ2n) is 8.39. The molecule has 6 nitrogen and oxygen atoms in total. The van der Waals surface area contributed by atoms with Gasteiger partial charge in [0.05, 0.1) is 6.61 Å². The summed E-state index contributed by atoms with van der Waals surface area (Å²) < 4.78 is 10.8. The molecule has 3 aromatic rings. The molecule has 1 aromatic carbocycles. The largest absolute Gasteiger partial charge is 0.427 e. The fraction of sp³-hybridized carbons (Fsp3) is 0.417. The molecule has 0 radical (unpaired) electrons. The van der Waals surface area contributed by atoms with Gasteiger partial charge in [-0.05, 0) is 49.4 Å². The minimum Gasteiger partial charge on any atom is -0.427 e. The number of rotatable bonds is 8. The van der Waals surface area contributed by atoms with Crippen LogP contribution in [0.1, 0.15) is 46.5 Å². The van der Waals surface area contributed by atoms with E-state index in [2.05, 4.69) is 16.4 Å². The summed E-state index contributed by atoms with van der Waals surface area (Å²) in [7, 11) is 1.68. The molecule has 2 N–H and O–H groups in total. The van der Waals surface area contributed by atoms with Crippen molar-refractivity contribution in [2.24, 2.45) is 5.41 Å². The summed E-state index contributed by atoms with van der Waals surface area (Å²) in [5.74, 6) is 0.223. The van der Waals surface area contributed by atoms with Crippen LogP contribution >= 0.6 is 0 Å². The summed E-state index contributed by atoms with van der Waals surface area (Å²) in [5.41, 5.74) is 2.43. The van der Waals surface area contributed by atoms with Gasteiger partial charge < -0.3 is 19.5 Å². The van der Waals surface area contributed by atoms with Crippen LogP contribution < -0.4 is 10.9 Å². The van der Waals surface area contributed by atoms with E-state index in [1.54, 1.807) is 20.1 Å². The molecule has 6 heteroatoms. The van der Waals surface area contributed by atoms with Gasteiger partial charge in [0.2, 0.25) is 0 Å². The minimum absolute atomic E-state index is 0.00220. The first-order chi connectivity index (χ1) is 14.5. The molecular weight excluding hydrogens is 380 g/mol. The van der Waals surface area contributed by atoms with Crippen molar-refractivity contribution in [2.75, 3.05) is 20.3 Å². The van der Waals surface area contributed by atoms with Crippen LogP contribution in [0.4, 0.5) is 0 Å². The van der Waals surface area contributed by atoms with Gasteiger partial charge in [-0.1, -0.05) is 24.6 Å². The van der Waals surface area contributed by atoms with Gasteiger partial charge in [-0.2, -0.15) is 0 Å². The highest BCUT2D eigenvalue weighted by Crippen LogP contribution is 2.40. The Kier molecular flexibility index (Phi) is 5.77. The number of fused-ring (bicyclic) bond motifs is 1. The minimum atomic E-state index is -0.573. The molecule has 0 saturated heterocycles. The zero-order valence-electron chi connectivity index (χ0n) is 17.5. The van der Waals surface area contributed by atoms with Crippen LogP contribution in [0.3, 0.4) is 0 Å². The second-order valence-corrected chi connectivity index (χ2v) is 8.39. The lowest BCUT2D eigenvalue weighted by Gasteiger charge is -2.41. The Bertz CT molecular complexity index is 1110. The molecule has 0 spiro atoms. The number of hydrogen-bond donors (Lipinski definition) is 2. The molecule has 1 fully saturated rings. The number of methoxy groups -OCH3 is 1. The Hall–Kier alpha value is -2.86. The Morgan fingerprint density at radius 3 is 2.77 bits per heavy atom. The fourth-order valence-electron chi connectivity index (χ4n) is 4.38. The van der Waals surface area contributed by atoms with E-state index in [9.17, 15) is 9.59 Å². The summed E-state index contributed by atoms with van der Waals surface area (Å²) in [4.78, 5) is 28.5. The molecule has 30 heavy (non-hydrogen) atoms. The molecule has 158 valence electrons. The Balaban J connectivity index is 1.44. The van der Waals surface area contributed by atoms with Crippen molar-refractivity contribution in [3.8, 4) is 0 Å². The van der Waals surface area contributed by atoms with Gasteiger partial charge in [0.1, 0.15) is 11.3 Å². The first-order valence-electron chi connectivity index (χ1n) is 10.5. The molecule has 0 aliphatic heterocycles. The van der Waals surface area contributed by atoms with Crippen LogP contribution in [0.25, 0.3) is 10.9 Å². The van der Waals surface area contributed by atoms with Crippen LogP contribution in [0.2, 0.25) is 0 Å². The van der Waals surface area contributed by atoms with Crippen LogP contribution in [0.5, 0.6) is 0 Å². The molecule has 0 bridgehead atoms. The Morgan fingerprint density at radius 2 is 2.07 bits per heavy atom.